The van der Waals surface area contributed by atoms with E-state index in [0.717, 1.165) is 39.1 Å². The van der Waals surface area contributed by atoms with Crippen LogP contribution in [0.3, 0.4) is 0 Å². The van der Waals surface area contributed by atoms with Crippen LogP contribution >= 0.6 is 0 Å². The molecule has 0 spiro atoms. The second kappa shape index (κ2) is 31.7. The van der Waals surface area contributed by atoms with Gasteiger partial charge in [-0.1, -0.05) is 0 Å². The first-order valence-electron chi connectivity index (χ1n) is 14.7. The van der Waals surface area contributed by atoms with Crippen molar-refractivity contribution in [3.05, 3.63) is 0 Å². The average molecular weight is 613 g/mol. The van der Waals surface area contributed by atoms with Crippen LogP contribution in [-0.4, -0.2) is 134 Å². The van der Waals surface area contributed by atoms with Gasteiger partial charge in [-0.25, -0.2) is 0 Å². The zero-order chi connectivity index (χ0) is 27.8. The van der Waals surface area contributed by atoms with Crippen LogP contribution in [0, 0.1) is 0 Å². The number of methoxy groups -OCH3 is 3. The standard InChI is InChI=1S/C28H60GeO9/c1-5-6-10-29(11-7-14-33-23-26-36-20-17-30-2,12-8-15-34-24-27-37-21-18-31-3)13-9-16-35-25-28-38-22-19-32-4/h5-28H2,1-4H3. The van der Waals surface area contributed by atoms with Gasteiger partial charge in [0.25, 0.3) is 0 Å². The first kappa shape index (κ1) is 38.2. The van der Waals surface area contributed by atoms with Crippen molar-refractivity contribution in [1.82, 2.24) is 0 Å². The maximum absolute atomic E-state index is 5.88. The van der Waals surface area contributed by atoms with Crippen molar-refractivity contribution >= 4 is 13.3 Å². The Morgan fingerprint density at radius 3 is 0.895 bits per heavy atom. The number of hydrogen-bond donors (Lipinski definition) is 0. The Labute approximate surface area is 236 Å². The third-order valence-electron chi connectivity index (χ3n) is 6.46. The Hall–Kier alpha value is 0.183. The van der Waals surface area contributed by atoms with E-state index in [1.165, 1.54) is 33.9 Å². The predicted molar refractivity (Wildman–Crippen MR) is 154 cm³/mol. The zero-order valence-electron chi connectivity index (χ0n) is 25.1. The summed E-state index contributed by atoms with van der Waals surface area (Å²) in [5.41, 5.74) is 0. The van der Waals surface area contributed by atoms with Crippen molar-refractivity contribution < 1.29 is 42.6 Å². The molecule has 0 atom stereocenters. The summed E-state index contributed by atoms with van der Waals surface area (Å²) in [6.07, 6.45) is 6.02. The van der Waals surface area contributed by atoms with Gasteiger partial charge in [0.1, 0.15) is 0 Å². The number of ether oxygens (including phenoxy) is 9. The van der Waals surface area contributed by atoms with Gasteiger partial charge >= 0.3 is 236 Å². The van der Waals surface area contributed by atoms with Gasteiger partial charge in [0.2, 0.25) is 0 Å². The molecule has 0 amide bonds. The van der Waals surface area contributed by atoms with E-state index in [0.29, 0.717) is 79.3 Å². The Morgan fingerprint density at radius 1 is 0.342 bits per heavy atom. The first-order chi connectivity index (χ1) is 18.7. The summed E-state index contributed by atoms with van der Waals surface area (Å²) >= 11 is -2.07. The van der Waals surface area contributed by atoms with Crippen LogP contribution in [0.2, 0.25) is 21.0 Å². The van der Waals surface area contributed by atoms with Gasteiger partial charge < -0.3 is 0 Å². The van der Waals surface area contributed by atoms with Crippen molar-refractivity contribution in [3.63, 3.8) is 0 Å². The van der Waals surface area contributed by atoms with Crippen molar-refractivity contribution in [2.45, 2.75) is 60.0 Å². The molecule has 0 unspecified atom stereocenters. The third kappa shape index (κ3) is 26.4. The molecular weight excluding hydrogens is 553 g/mol. The van der Waals surface area contributed by atoms with Crippen LogP contribution in [0.1, 0.15) is 39.0 Å². The van der Waals surface area contributed by atoms with E-state index in [1.807, 2.05) is 0 Å². The monoisotopic (exact) mass is 614 g/mol. The Morgan fingerprint density at radius 2 is 0.605 bits per heavy atom. The second-order valence-corrected chi connectivity index (χ2v) is 20.1. The van der Waals surface area contributed by atoms with Crippen molar-refractivity contribution in [3.8, 4) is 0 Å². The third-order valence-corrected chi connectivity index (χ3v) is 18.3. The fourth-order valence-corrected chi connectivity index (χ4v) is 15.4. The summed E-state index contributed by atoms with van der Waals surface area (Å²) in [5.74, 6) is 0. The maximum atomic E-state index is 5.88. The summed E-state index contributed by atoms with van der Waals surface area (Å²) in [7, 11) is 5.06. The Balaban J connectivity index is 4.49. The molecule has 0 aromatic carbocycles. The number of rotatable bonds is 33. The van der Waals surface area contributed by atoms with Crippen LogP contribution in [-0.2, 0) is 42.6 Å². The van der Waals surface area contributed by atoms with Crippen LogP contribution in [0.15, 0.2) is 0 Å². The number of hydrogen-bond acceptors (Lipinski definition) is 9. The van der Waals surface area contributed by atoms with E-state index in [1.54, 1.807) is 21.3 Å². The molecule has 10 heteroatoms. The van der Waals surface area contributed by atoms with Gasteiger partial charge in [-0.05, 0) is 0 Å². The molecule has 0 rings (SSSR count). The van der Waals surface area contributed by atoms with Gasteiger partial charge in [-0.2, -0.15) is 0 Å². The summed E-state index contributed by atoms with van der Waals surface area (Å²) in [5, 5.41) is 5.48. The first-order valence-corrected chi connectivity index (χ1v) is 20.6. The number of unbranched alkanes of at least 4 members (excludes halogenated alkanes) is 1. The zero-order valence-corrected chi connectivity index (χ0v) is 27.2. The molecule has 0 aliphatic heterocycles. The van der Waals surface area contributed by atoms with E-state index in [-0.39, 0.29) is 0 Å². The Bertz CT molecular complexity index is 391. The van der Waals surface area contributed by atoms with Gasteiger partial charge in [-0.15, -0.1) is 0 Å². The second-order valence-electron chi connectivity index (χ2n) is 9.57. The van der Waals surface area contributed by atoms with Gasteiger partial charge in [0.05, 0.1) is 0 Å². The van der Waals surface area contributed by atoms with Crippen LogP contribution in [0.4, 0.5) is 0 Å². The SMILES string of the molecule is CCC[CH2][Ge]([CH2]CCOCCOCCOC)([CH2]CCOCCOCCOC)[CH2]CCOCCOCCOC. The van der Waals surface area contributed by atoms with E-state index < -0.39 is 13.3 Å². The van der Waals surface area contributed by atoms with Crippen LogP contribution in [0.5, 0.6) is 0 Å². The minimum absolute atomic E-state index is 0.623. The predicted octanol–water partition coefficient (Wildman–Crippen LogP) is 4.44. The summed E-state index contributed by atoms with van der Waals surface area (Å²) in [6, 6.07) is 0. The molecule has 0 heterocycles. The van der Waals surface area contributed by atoms with E-state index in [4.69, 9.17) is 42.6 Å². The van der Waals surface area contributed by atoms with Crippen molar-refractivity contribution in [2.75, 3.05) is 120 Å². The molecule has 0 saturated heterocycles. The van der Waals surface area contributed by atoms with E-state index in [9.17, 15) is 0 Å². The molecular formula is C28H60GeO9. The van der Waals surface area contributed by atoms with Gasteiger partial charge in [-0.3, -0.25) is 0 Å². The van der Waals surface area contributed by atoms with Crippen LogP contribution < -0.4 is 0 Å². The quantitative estimate of drug-likeness (QED) is 0.0789. The minimum atomic E-state index is -2.07. The molecule has 0 fully saturated rings. The summed E-state index contributed by atoms with van der Waals surface area (Å²) < 4.78 is 49.2. The molecule has 0 N–H and O–H groups in total. The molecule has 0 aliphatic carbocycles. The van der Waals surface area contributed by atoms with Crippen molar-refractivity contribution in [2.24, 2.45) is 0 Å². The average Bonchev–Trinajstić information content (AvgIpc) is 2.93. The molecule has 38 heavy (non-hydrogen) atoms. The molecule has 0 aliphatic rings. The van der Waals surface area contributed by atoms with Gasteiger partial charge in [0.15, 0.2) is 0 Å². The van der Waals surface area contributed by atoms with E-state index in [2.05, 4.69) is 6.92 Å². The van der Waals surface area contributed by atoms with Gasteiger partial charge in [0, 0.05) is 0 Å². The molecule has 230 valence electrons. The van der Waals surface area contributed by atoms with Crippen LogP contribution in [0.25, 0.3) is 0 Å². The molecule has 0 radical (unpaired) electrons. The fraction of sp³-hybridized carbons (Fsp3) is 1.00. The normalized spacial score (nSPS) is 12.0. The summed E-state index contributed by atoms with van der Waals surface area (Å²) in [4.78, 5) is 0. The molecule has 0 aromatic heterocycles. The van der Waals surface area contributed by atoms with E-state index >= 15 is 0 Å². The molecule has 9 nitrogen and oxygen atoms in total. The fourth-order valence-electron chi connectivity index (χ4n) is 4.34. The molecule has 0 saturated carbocycles. The topological polar surface area (TPSA) is 83.1 Å². The van der Waals surface area contributed by atoms with Crippen molar-refractivity contribution in [1.29, 1.82) is 0 Å². The molecule has 0 bridgehead atoms. The Kier molecular flexibility index (Phi) is 31.9. The molecule has 0 aromatic rings. The summed E-state index contributed by atoms with van der Waals surface area (Å²) in [6.45, 7) is 12.4.